The summed E-state index contributed by atoms with van der Waals surface area (Å²) in [5.41, 5.74) is 2.00. The maximum Gasteiger partial charge on any atom is 0.258 e. The van der Waals surface area contributed by atoms with Crippen LogP contribution in [0.4, 0.5) is 5.69 Å². The van der Waals surface area contributed by atoms with Gasteiger partial charge < -0.3 is 29.5 Å². The van der Waals surface area contributed by atoms with Crippen molar-refractivity contribution in [3.63, 3.8) is 0 Å². The van der Waals surface area contributed by atoms with E-state index in [9.17, 15) is 14.7 Å². The number of ether oxygens (including phenoxy) is 3. The minimum absolute atomic E-state index is 0.0218. The molecule has 0 bridgehead atoms. The van der Waals surface area contributed by atoms with Crippen molar-refractivity contribution >= 4 is 17.5 Å². The van der Waals surface area contributed by atoms with Gasteiger partial charge in [0.25, 0.3) is 5.91 Å². The lowest BCUT2D eigenvalue weighted by molar-refractivity contribution is -0.117. The maximum atomic E-state index is 13.6. The lowest BCUT2D eigenvalue weighted by atomic mass is 9.98. The summed E-state index contributed by atoms with van der Waals surface area (Å²) >= 11 is 0. The molecular weight excluding hydrogens is 474 g/mol. The summed E-state index contributed by atoms with van der Waals surface area (Å²) in [4.78, 5) is 30.1. The van der Waals surface area contributed by atoms with Gasteiger partial charge in [-0.3, -0.25) is 14.5 Å². The highest BCUT2D eigenvalue weighted by Gasteiger charge is 2.36. The molecule has 0 unspecified atom stereocenters. The second-order valence-electron chi connectivity index (χ2n) is 10.5. The van der Waals surface area contributed by atoms with Crippen molar-refractivity contribution in [3.8, 4) is 17.2 Å². The number of rotatable bonds is 8. The highest BCUT2D eigenvalue weighted by Crippen LogP contribution is 2.37. The average Bonchev–Trinajstić information content (AvgIpc) is 3.64. The van der Waals surface area contributed by atoms with Crippen LogP contribution in [0.15, 0.2) is 36.4 Å². The quantitative estimate of drug-likeness (QED) is 0.564. The molecule has 9 nitrogen and oxygen atoms in total. The number of nitrogens with zero attached hydrogens (tertiary/aromatic N) is 2. The molecule has 198 valence electrons. The number of aliphatic hydroxyl groups excluding tert-OH is 1. The first kappa shape index (κ1) is 25.4. The molecule has 1 aliphatic carbocycles. The van der Waals surface area contributed by atoms with Crippen LogP contribution >= 0.6 is 0 Å². The molecule has 0 radical (unpaired) electrons. The fourth-order valence-electron chi connectivity index (χ4n) is 4.86. The molecule has 37 heavy (non-hydrogen) atoms. The van der Waals surface area contributed by atoms with Gasteiger partial charge in [-0.05, 0) is 56.6 Å². The molecule has 0 saturated heterocycles. The normalized spacial score (nSPS) is 21.6. The zero-order valence-electron chi connectivity index (χ0n) is 21.6. The molecule has 3 aliphatic rings. The van der Waals surface area contributed by atoms with E-state index in [1.54, 1.807) is 23.1 Å². The number of likely N-dealkylation sites (N-methyl/N-ethyl adjacent to an activating group) is 1. The molecule has 2 aliphatic heterocycles. The van der Waals surface area contributed by atoms with Crippen LogP contribution in [-0.2, 0) is 11.3 Å². The number of fused-ring (bicyclic) bond motifs is 2. The Labute approximate surface area is 217 Å². The Kier molecular flexibility index (Phi) is 7.26. The summed E-state index contributed by atoms with van der Waals surface area (Å²) in [6, 6.07) is 10.9. The summed E-state index contributed by atoms with van der Waals surface area (Å²) < 4.78 is 17.5. The van der Waals surface area contributed by atoms with Gasteiger partial charge in [0.15, 0.2) is 17.2 Å². The van der Waals surface area contributed by atoms with E-state index < -0.39 is 0 Å². The van der Waals surface area contributed by atoms with Crippen LogP contribution in [0.25, 0.3) is 0 Å². The SMILES string of the molecule is C[C@H]1CN([C@@H](C)CO)C(=O)c2cccc(NC(=O)C3CC3)c2O[C@H]1CN(C)Cc1ccc2c(c1)OCO2. The number of amides is 2. The number of hydrogen-bond donors (Lipinski definition) is 2. The van der Waals surface area contributed by atoms with Crippen molar-refractivity contribution in [2.24, 2.45) is 11.8 Å². The lowest BCUT2D eigenvalue weighted by Crippen LogP contribution is -2.49. The van der Waals surface area contributed by atoms with E-state index in [1.165, 1.54) is 0 Å². The minimum Gasteiger partial charge on any atom is -0.486 e. The van der Waals surface area contributed by atoms with Crippen molar-refractivity contribution < 1.29 is 28.9 Å². The molecule has 2 amide bonds. The Hall–Kier alpha value is -3.30. The summed E-state index contributed by atoms with van der Waals surface area (Å²) in [5, 5.41) is 12.9. The van der Waals surface area contributed by atoms with Gasteiger partial charge in [-0.25, -0.2) is 0 Å². The number of aliphatic hydroxyl groups is 1. The maximum absolute atomic E-state index is 13.6. The molecule has 2 aromatic rings. The summed E-state index contributed by atoms with van der Waals surface area (Å²) in [7, 11) is 2.03. The second kappa shape index (κ2) is 10.6. The minimum atomic E-state index is -0.349. The summed E-state index contributed by atoms with van der Waals surface area (Å²) in [6.07, 6.45) is 1.50. The number of para-hydroxylation sites is 1. The molecule has 3 atom stereocenters. The van der Waals surface area contributed by atoms with Gasteiger partial charge in [0.05, 0.1) is 23.9 Å². The molecule has 2 aromatic carbocycles. The van der Waals surface area contributed by atoms with Gasteiger partial charge in [-0.2, -0.15) is 0 Å². The Morgan fingerprint density at radius 3 is 2.76 bits per heavy atom. The van der Waals surface area contributed by atoms with Crippen LogP contribution in [0.1, 0.15) is 42.6 Å². The van der Waals surface area contributed by atoms with Crippen molar-refractivity contribution in [2.45, 2.75) is 45.4 Å². The van der Waals surface area contributed by atoms with Crippen molar-refractivity contribution in [1.82, 2.24) is 9.80 Å². The van der Waals surface area contributed by atoms with Gasteiger partial charge in [-0.15, -0.1) is 0 Å². The van der Waals surface area contributed by atoms with E-state index in [0.717, 1.165) is 29.9 Å². The number of carbonyl (C=O) groups is 2. The Bertz CT molecular complexity index is 1170. The highest BCUT2D eigenvalue weighted by molar-refractivity contribution is 6.02. The van der Waals surface area contributed by atoms with Crippen molar-refractivity contribution in [3.05, 3.63) is 47.5 Å². The van der Waals surface area contributed by atoms with Crippen LogP contribution in [0.5, 0.6) is 17.2 Å². The molecule has 5 rings (SSSR count). The zero-order valence-corrected chi connectivity index (χ0v) is 21.6. The van der Waals surface area contributed by atoms with Crippen LogP contribution in [0, 0.1) is 11.8 Å². The third-order valence-electron chi connectivity index (χ3n) is 7.28. The number of nitrogens with one attached hydrogen (secondary N) is 1. The van der Waals surface area contributed by atoms with E-state index in [-0.39, 0.29) is 49.2 Å². The van der Waals surface area contributed by atoms with Gasteiger partial charge >= 0.3 is 0 Å². The van der Waals surface area contributed by atoms with E-state index in [2.05, 4.69) is 17.1 Å². The molecule has 2 N–H and O–H groups in total. The first-order valence-corrected chi connectivity index (χ1v) is 12.9. The van der Waals surface area contributed by atoms with Gasteiger partial charge in [-0.1, -0.05) is 19.1 Å². The second-order valence-corrected chi connectivity index (χ2v) is 10.5. The van der Waals surface area contributed by atoms with Gasteiger partial charge in [0.1, 0.15) is 6.10 Å². The highest BCUT2D eigenvalue weighted by atomic mass is 16.7. The first-order valence-electron chi connectivity index (χ1n) is 12.9. The third-order valence-corrected chi connectivity index (χ3v) is 7.28. The lowest BCUT2D eigenvalue weighted by Gasteiger charge is -2.38. The molecular formula is C28H35N3O6. The van der Waals surface area contributed by atoms with E-state index in [4.69, 9.17) is 14.2 Å². The van der Waals surface area contributed by atoms with E-state index in [1.807, 2.05) is 32.2 Å². The van der Waals surface area contributed by atoms with Gasteiger partial charge in [0, 0.05) is 31.5 Å². The van der Waals surface area contributed by atoms with Crippen molar-refractivity contribution in [1.29, 1.82) is 0 Å². The van der Waals surface area contributed by atoms with Crippen LogP contribution < -0.4 is 19.5 Å². The summed E-state index contributed by atoms with van der Waals surface area (Å²) in [6.45, 7) is 5.71. The van der Waals surface area contributed by atoms with Crippen LogP contribution in [0.3, 0.4) is 0 Å². The summed E-state index contributed by atoms with van der Waals surface area (Å²) in [5.74, 6) is 1.63. The molecule has 2 heterocycles. The zero-order chi connectivity index (χ0) is 26.1. The van der Waals surface area contributed by atoms with Crippen LogP contribution in [-0.4, -0.2) is 72.4 Å². The number of hydrogen-bond acceptors (Lipinski definition) is 7. The Balaban J connectivity index is 1.41. The molecule has 1 fully saturated rings. The molecule has 0 aromatic heterocycles. The fraction of sp³-hybridized carbons (Fsp3) is 0.500. The molecule has 9 heteroatoms. The predicted molar refractivity (Wildman–Crippen MR) is 138 cm³/mol. The van der Waals surface area contributed by atoms with E-state index >= 15 is 0 Å². The smallest absolute Gasteiger partial charge is 0.258 e. The standard InChI is InChI=1S/C28H35N3O6/c1-17-12-31(18(2)15-32)28(34)21-5-4-6-22(29-27(33)20-8-9-20)26(21)37-25(17)14-30(3)13-19-7-10-23-24(11-19)36-16-35-23/h4-7,10-11,17-18,20,25,32H,8-9,12-16H2,1-3H3,(H,29,33)/t17-,18-,25-/m0/s1. The Morgan fingerprint density at radius 2 is 2.00 bits per heavy atom. The van der Waals surface area contributed by atoms with Gasteiger partial charge in [0.2, 0.25) is 12.7 Å². The fourth-order valence-corrected chi connectivity index (χ4v) is 4.86. The molecule has 0 spiro atoms. The average molecular weight is 510 g/mol. The molecule has 1 saturated carbocycles. The van der Waals surface area contributed by atoms with Crippen LogP contribution in [0.2, 0.25) is 0 Å². The van der Waals surface area contributed by atoms with Crippen molar-refractivity contribution in [2.75, 3.05) is 38.9 Å². The monoisotopic (exact) mass is 509 g/mol. The Morgan fingerprint density at radius 1 is 1.22 bits per heavy atom. The first-order chi connectivity index (χ1) is 17.8. The van der Waals surface area contributed by atoms with E-state index in [0.29, 0.717) is 36.6 Å². The third kappa shape index (κ3) is 5.52. The predicted octanol–water partition coefficient (Wildman–Crippen LogP) is 3.12. The number of anilines is 1. The topological polar surface area (TPSA) is 101 Å². The number of carbonyl (C=O) groups excluding carboxylic acids is 2. The largest absolute Gasteiger partial charge is 0.486 e. The number of benzene rings is 2.